The fraction of sp³-hybridized carbons (Fsp3) is 0.0909. The van der Waals surface area contributed by atoms with E-state index in [1.165, 1.54) is 13.3 Å². The van der Waals surface area contributed by atoms with Gasteiger partial charge in [-0.1, -0.05) is 35.4 Å². The van der Waals surface area contributed by atoms with E-state index in [1.807, 2.05) is 43.3 Å². The lowest BCUT2D eigenvalue weighted by molar-refractivity contribution is 0.477. The number of aromatic amines is 1. The minimum atomic E-state index is -0.445. The maximum absolute atomic E-state index is 12.2. The zero-order chi connectivity index (χ0) is 20.7. The van der Waals surface area contributed by atoms with Gasteiger partial charge in [-0.3, -0.25) is 14.4 Å². The highest BCUT2D eigenvalue weighted by Gasteiger charge is 2.18. The molecule has 29 heavy (non-hydrogen) atoms. The van der Waals surface area contributed by atoms with Crippen molar-refractivity contribution in [3.63, 3.8) is 0 Å². The number of pyridine rings is 1. The number of fused-ring (bicyclic) bond motifs is 1. The van der Waals surface area contributed by atoms with E-state index in [4.69, 9.17) is 11.6 Å². The van der Waals surface area contributed by atoms with Crippen molar-refractivity contribution in [3.05, 3.63) is 75.2 Å². The lowest BCUT2D eigenvalue weighted by Gasteiger charge is -2.11. The first-order chi connectivity index (χ1) is 13.9. The topological polar surface area (TPSA) is 90.6 Å². The van der Waals surface area contributed by atoms with Crippen LogP contribution in [0.1, 0.15) is 11.1 Å². The molecule has 2 aromatic heterocycles. The molecule has 0 aliphatic carbocycles. The normalized spacial score (nSPS) is 11.6. The molecule has 0 unspecified atom stereocenters. The van der Waals surface area contributed by atoms with E-state index in [2.05, 4.69) is 9.98 Å². The van der Waals surface area contributed by atoms with Crippen LogP contribution in [0.3, 0.4) is 0 Å². The lowest BCUT2D eigenvalue weighted by Crippen LogP contribution is -2.12. The first-order valence-corrected chi connectivity index (χ1v) is 9.27. The Kier molecular flexibility index (Phi) is 4.64. The van der Waals surface area contributed by atoms with Crippen molar-refractivity contribution in [2.75, 3.05) is 7.05 Å². The smallest absolute Gasteiger partial charge is 0.261 e. The maximum Gasteiger partial charge on any atom is 0.261 e. The third-order valence-electron chi connectivity index (χ3n) is 4.77. The number of benzene rings is 2. The third-order valence-corrected chi connectivity index (χ3v) is 5.05. The minimum absolute atomic E-state index is 0.0670. The van der Waals surface area contributed by atoms with E-state index in [1.54, 1.807) is 16.7 Å². The number of phenolic OH excluding ortho intramolecular Hbond substituents is 1. The second-order valence-electron chi connectivity index (χ2n) is 6.74. The standard InChI is InChI=1S/C22H18ClN3O3/c1-12-3-8-18(27)15(9-12)13-4-6-14(7-5-13)26-19(23)10-17-20(26)21(28)16(11-24-2)22(29)25-17/h3-11,27H,1-2H3,(H2,25,28,29). The molecule has 0 bridgehead atoms. The molecule has 4 aromatic rings. The van der Waals surface area contributed by atoms with E-state index in [-0.39, 0.29) is 17.1 Å². The van der Waals surface area contributed by atoms with E-state index in [9.17, 15) is 15.0 Å². The molecule has 0 aliphatic heterocycles. The molecular weight excluding hydrogens is 390 g/mol. The molecule has 0 amide bonds. The zero-order valence-electron chi connectivity index (χ0n) is 15.8. The summed E-state index contributed by atoms with van der Waals surface area (Å²) in [6, 6.07) is 14.4. The first kappa shape index (κ1) is 18.8. The van der Waals surface area contributed by atoms with Crippen LogP contribution in [-0.2, 0) is 0 Å². The van der Waals surface area contributed by atoms with Crippen LogP contribution in [0.4, 0.5) is 0 Å². The molecule has 0 saturated heterocycles. The Hall–Kier alpha value is -3.51. The molecule has 0 aliphatic rings. The van der Waals surface area contributed by atoms with E-state index < -0.39 is 5.56 Å². The van der Waals surface area contributed by atoms with E-state index >= 15 is 0 Å². The van der Waals surface area contributed by atoms with Crippen molar-refractivity contribution >= 4 is 28.8 Å². The second-order valence-corrected chi connectivity index (χ2v) is 7.12. The summed E-state index contributed by atoms with van der Waals surface area (Å²) in [4.78, 5) is 18.7. The summed E-state index contributed by atoms with van der Waals surface area (Å²) < 4.78 is 1.65. The van der Waals surface area contributed by atoms with Crippen LogP contribution in [0.25, 0.3) is 27.8 Å². The van der Waals surface area contributed by atoms with Gasteiger partial charge in [0.15, 0.2) is 5.75 Å². The van der Waals surface area contributed by atoms with Gasteiger partial charge in [0, 0.05) is 24.5 Å². The quantitative estimate of drug-likeness (QED) is 0.439. The van der Waals surface area contributed by atoms with Gasteiger partial charge in [0.05, 0.1) is 5.52 Å². The van der Waals surface area contributed by atoms with Crippen molar-refractivity contribution in [2.45, 2.75) is 6.92 Å². The maximum atomic E-state index is 12.2. The third kappa shape index (κ3) is 3.17. The van der Waals surface area contributed by atoms with Gasteiger partial charge in [0.2, 0.25) is 0 Å². The number of hydrogen-bond donors (Lipinski definition) is 3. The number of H-pyrrole nitrogens is 1. The van der Waals surface area contributed by atoms with Crippen LogP contribution < -0.4 is 5.56 Å². The molecule has 0 atom stereocenters. The van der Waals surface area contributed by atoms with Crippen LogP contribution in [0, 0.1) is 6.92 Å². The van der Waals surface area contributed by atoms with Gasteiger partial charge < -0.3 is 15.2 Å². The molecule has 6 nitrogen and oxygen atoms in total. The summed E-state index contributed by atoms with van der Waals surface area (Å²) in [6.07, 6.45) is 1.31. The SMILES string of the molecule is CN=Cc1c(O)c2c(cc(Cl)n2-c2ccc(-c3cc(C)ccc3O)cc2)[nH]c1=O. The van der Waals surface area contributed by atoms with Gasteiger partial charge in [-0.25, -0.2) is 0 Å². The Labute approximate surface area is 171 Å². The van der Waals surface area contributed by atoms with Crippen LogP contribution in [0.2, 0.25) is 5.15 Å². The van der Waals surface area contributed by atoms with E-state index in [0.29, 0.717) is 21.9 Å². The average molecular weight is 408 g/mol. The fourth-order valence-corrected chi connectivity index (χ4v) is 3.70. The van der Waals surface area contributed by atoms with Gasteiger partial charge in [0.25, 0.3) is 5.56 Å². The van der Waals surface area contributed by atoms with Gasteiger partial charge in [-0.05, 0) is 42.8 Å². The monoisotopic (exact) mass is 407 g/mol. The molecule has 0 saturated carbocycles. The van der Waals surface area contributed by atoms with Crippen LogP contribution >= 0.6 is 11.6 Å². The molecule has 2 aromatic carbocycles. The van der Waals surface area contributed by atoms with Crippen molar-refractivity contribution in [1.82, 2.24) is 9.55 Å². The number of aryl methyl sites for hydroxylation is 1. The summed E-state index contributed by atoms with van der Waals surface area (Å²) in [7, 11) is 1.52. The van der Waals surface area contributed by atoms with Crippen LogP contribution in [-0.4, -0.2) is 33.0 Å². The highest BCUT2D eigenvalue weighted by atomic mass is 35.5. The minimum Gasteiger partial charge on any atom is -0.507 e. The number of rotatable bonds is 3. The summed E-state index contributed by atoms with van der Waals surface area (Å²) >= 11 is 6.41. The predicted octanol–water partition coefficient (Wildman–Crippen LogP) is 4.41. The van der Waals surface area contributed by atoms with Crippen molar-refractivity contribution in [2.24, 2.45) is 4.99 Å². The average Bonchev–Trinajstić information content (AvgIpc) is 3.03. The molecule has 4 rings (SSSR count). The Balaban J connectivity index is 1.89. The summed E-state index contributed by atoms with van der Waals surface area (Å²) in [5.74, 6) is 0.00756. The second kappa shape index (κ2) is 7.14. The molecule has 0 spiro atoms. The fourth-order valence-electron chi connectivity index (χ4n) is 3.41. The van der Waals surface area contributed by atoms with Gasteiger partial charge >= 0.3 is 0 Å². The number of phenols is 1. The van der Waals surface area contributed by atoms with Gasteiger partial charge in [-0.15, -0.1) is 0 Å². The highest BCUT2D eigenvalue weighted by Crippen LogP contribution is 2.35. The highest BCUT2D eigenvalue weighted by molar-refractivity contribution is 6.31. The predicted molar refractivity (Wildman–Crippen MR) is 116 cm³/mol. The Morgan fingerprint density at radius 2 is 1.83 bits per heavy atom. The summed E-state index contributed by atoms with van der Waals surface area (Å²) in [5, 5.41) is 21.2. The number of halogens is 1. The van der Waals surface area contributed by atoms with Crippen molar-refractivity contribution < 1.29 is 10.2 Å². The molecule has 146 valence electrons. The van der Waals surface area contributed by atoms with E-state index in [0.717, 1.165) is 16.7 Å². The molecule has 3 N–H and O–H groups in total. The number of aromatic hydroxyl groups is 2. The molecule has 0 fully saturated rings. The molecule has 0 radical (unpaired) electrons. The van der Waals surface area contributed by atoms with Crippen LogP contribution in [0.5, 0.6) is 11.5 Å². The Morgan fingerprint density at radius 1 is 1.10 bits per heavy atom. The van der Waals surface area contributed by atoms with Crippen LogP contribution in [0.15, 0.2) is 58.3 Å². The number of aromatic nitrogens is 2. The lowest BCUT2D eigenvalue weighted by atomic mass is 10.0. The van der Waals surface area contributed by atoms with Gasteiger partial charge in [-0.2, -0.15) is 0 Å². The van der Waals surface area contributed by atoms with Crippen molar-refractivity contribution in [1.29, 1.82) is 0 Å². The number of nitrogens with zero attached hydrogens (tertiary/aromatic N) is 2. The van der Waals surface area contributed by atoms with Gasteiger partial charge in [0.1, 0.15) is 22.0 Å². The number of aliphatic imine (C=N–C) groups is 1. The zero-order valence-corrected chi connectivity index (χ0v) is 16.5. The Bertz CT molecular complexity index is 1320. The number of hydrogen-bond acceptors (Lipinski definition) is 4. The van der Waals surface area contributed by atoms with Crippen molar-refractivity contribution in [3.8, 4) is 28.3 Å². The summed E-state index contributed by atoms with van der Waals surface area (Å²) in [5.41, 5.74) is 3.74. The largest absolute Gasteiger partial charge is 0.507 e. The molecule has 7 heteroatoms. The summed E-state index contributed by atoms with van der Waals surface area (Å²) in [6.45, 7) is 1.96. The molecular formula is C22H18ClN3O3. The first-order valence-electron chi connectivity index (χ1n) is 8.89. The Morgan fingerprint density at radius 3 is 2.52 bits per heavy atom. The molecule has 2 heterocycles. The number of nitrogens with one attached hydrogen (secondary N) is 1.